The molecule has 0 bridgehead atoms. The smallest absolute Gasteiger partial charge is 0.182 e. The fourth-order valence-corrected chi connectivity index (χ4v) is 2.63. The number of nitrogen functional groups attached to an aromatic ring is 1. The number of nitrogens with two attached hydrogens (primary N) is 1. The molecule has 0 aliphatic carbocycles. The summed E-state index contributed by atoms with van der Waals surface area (Å²) in [5, 5.41) is 12.6. The number of hydrogen-bond donors (Lipinski definition) is 1. The van der Waals surface area contributed by atoms with Gasteiger partial charge in [0.1, 0.15) is 0 Å². The Morgan fingerprint density at radius 3 is 2.85 bits per heavy atom. The van der Waals surface area contributed by atoms with Crippen LogP contribution in [0.1, 0.15) is 13.3 Å². The number of benzene rings is 1. The van der Waals surface area contributed by atoms with Crippen molar-refractivity contribution in [2.24, 2.45) is 0 Å². The minimum absolute atomic E-state index is 0.264. The van der Waals surface area contributed by atoms with E-state index < -0.39 is 0 Å². The van der Waals surface area contributed by atoms with Crippen molar-refractivity contribution in [1.29, 1.82) is 0 Å². The third-order valence-electron chi connectivity index (χ3n) is 3.49. The summed E-state index contributed by atoms with van der Waals surface area (Å²) in [6, 6.07) is 3.43. The van der Waals surface area contributed by atoms with E-state index in [1.165, 1.54) is 0 Å². The molecule has 1 saturated heterocycles. The second-order valence-corrected chi connectivity index (χ2v) is 5.86. The molecule has 2 N–H and O–H groups in total. The van der Waals surface area contributed by atoms with E-state index in [4.69, 9.17) is 33.7 Å². The molecule has 1 aromatic heterocycles. The molecule has 106 valence electrons. The van der Waals surface area contributed by atoms with Gasteiger partial charge in [-0.05, 0) is 35.9 Å². The SMILES string of the molecule is CC1(n2nnnc2-c2cc(N)c(Cl)c(Cl)c2)CCOC1. The van der Waals surface area contributed by atoms with Crippen LogP contribution < -0.4 is 5.73 Å². The van der Waals surface area contributed by atoms with Gasteiger partial charge < -0.3 is 10.5 Å². The molecule has 0 radical (unpaired) electrons. The summed E-state index contributed by atoms with van der Waals surface area (Å²) in [6.45, 7) is 3.32. The number of hydrogen-bond acceptors (Lipinski definition) is 5. The Labute approximate surface area is 125 Å². The van der Waals surface area contributed by atoms with Crippen molar-refractivity contribution < 1.29 is 4.74 Å². The molecule has 2 aromatic rings. The second-order valence-electron chi connectivity index (χ2n) is 5.08. The maximum absolute atomic E-state index is 6.07. The Morgan fingerprint density at radius 2 is 2.20 bits per heavy atom. The van der Waals surface area contributed by atoms with Gasteiger partial charge in [0.2, 0.25) is 0 Å². The van der Waals surface area contributed by atoms with E-state index in [2.05, 4.69) is 22.4 Å². The van der Waals surface area contributed by atoms with Crippen LogP contribution in [0.4, 0.5) is 5.69 Å². The quantitative estimate of drug-likeness (QED) is 0.861. The standard InChI is InChI=1S/C12H13Cl2N5O/c1-12(2-3-20-6-12)19-11(16-17-18-19)7-4-8(13)10(14)9(15)5-7/h4-5H,2-3,6,15H2,1H3. The molecule has 1 aliphatic rings. The first-order valence-corrected chi connectivity index (χ1v) is 6.88. The predicted molar refractivity (Wildman–Crippen MR) is 76.8 cm³/mol. The van der Waals surface area contributed by atoms with Crippen LogP contribution in [0.3, 0.4) is 0 Å². The minimum atomic E-state index is -0.264. The highest BCUT2D eigenvalue weighted by Gasteiger charge is 2.35. The largest absolute Gasteiger partial charge is 0.397 e. The molecule has 3 rings (SSSR count). The van der Waals surface area contributed by atoms with E-state index in [1.807, 2.05) is 0 Å². The summed E-state index contributed by atoms with van der Waals surface area (Å²) < 4.78 is 7.22. The van der Waals surface area contributed by atoms with Crippen molar-refractivity contribution >= 4 is 28.9 Å². The molecule has 6 nitrogen and oxygen atoms in total. The summed E-state index contributed by atoms with van der Waals surface area (Å²) in [5.74, 6) is 0.600. The normalized spacial score (nSPS) is 22.4. The Hall–Kier alpha value is -1.37. The van der Waals surface area contributed by atoms with Crippen LogP contribution in [-0.2, 0) is 10.3 Å². The average molecular weight is 314 g/mol. The third kappa shape index (κ3) is 2.13. The molecule has 1 unspecified atom stereocenters. The number of halogens is 2. The van der Waals surface area contributed by atoms with Crippen LogP contribution in [0.15, 0.2) is 12.1 Å². The van der Waals surface area contributed by atoms with E-state index in [0.29, 0.717) is 34.8 Å². The number of rotatable bonds is 2. The van der Waals surface area contributed by atoms with E-state index in [9.17, 15) is 0 Å². The molecule has 1 aliphatic heterocycles. The zero-order valence-electron chi connectivity index (χ0n) is 10.8. The molecule has 8 heteroatoms. The number of aromatic nitrogens is 4. The maximum Gasteiger partial charge on any atom is 0.182 e. The van der Waals surface area contributed by atoms with E-state index >= 15 is 0 Å². The first kappa shape index (κ1) is 13.6. The fourth-order valence-electron chi connectivity index (χ4n) is 2.29. The molecule has 1 atom stereocenters. The number of tetrazole rings is 1. The Balaban J connectivity index is 2.10. The Bertz CT molecular complexity index is 628. The van der Waals surface area contributed by atoms with Gasteiger partial charge in [-0.15, -0.1) is 5.10 Å². The average Bonchev–Trinajstić information content (AvgIpc) is 3.04. The predicted octanol–water partition coefficient (Wildman–Crippen LogP) is 2.36. The molecular weight excluding hydrogens is 301 g/mol. The van der Waals surface area contributed by atoms with E-state index in [0.717, 1.165) is 12.0 Å². The van der Waals surface area contributed by atoms with Gasteiger partial charge in [-0.2, -0.15) is 0 Å². The van der Waals surface area contributed by atoms with Gasteiger partial charge in [0.25, 0.3) is 0 Å². The zero-order chi connectivity index (χ0) is 14.3. The van der Waals surface area contributed by atoms with Crippen molar-refractivity contribution in [2.45, 2.75) is 18.9 Å². The lowest BCUT2D eigenvalue weighted by atomic mass is 10.0. The molecule has 0 saturated carbocycles. The lowest BCUT2D eigenvalue weighted by Crippen LogP contribution is -2.32. The summed E-state index contributed by atoms with van der Waals surface area (Å²) in [5.41, 5.74) is 6.71. The number of anilines is 1. The summed E-state index contributed by atoms with van der Waals surface area (Å²) in [6.07, 6.45) is 0.849. The molecule has 1 aromatic carbocycles. The van der Waals surface area contributed by atoms with Crippen LogP contribution in [0.2, 0.25) is 10.0 Å². The van der Waals surface area contributed by atoms with Gasteiger partial charge in [-0.3, -0.25) is 0 Å². The molecule has 20 heavy (non-hydrogen) atoms. The monoisotopic (exact) mass is 313 g/mol. The van der Waals surface area contributed by atoms with Gasteiger partial charge in [-0.1, -0.05) is 23.2 Å². The highest BCUT2D eigenvalue weighted by molar-refractivity contribution is 6.43. The molecule has 2 heterocycles. The topological polar surface area (TPSA) is 78.9 Å². The van der Waals surface area contributed by atoms with Crippen molar-refractivity contribution in [3.63, 3.8) is 0 Å². The third-order valence-corrected chi connectivity index (χ3v) is 4.31. The molecular formula is C12H13Cl2N5O. The number of nitrogens with zero attached hydrogens (tertiary/aromatic N) is 4. The summed E-state index contributed by atoms with van der Waals surface area (Å²) in [4.78, 5) is 0. The molecule has 1 fully saturated rings. The van der Waals surface area contributed by atoms with Crippen LogP contribution in [-0.4, -0.2) is 33.4 Å². The van der Waals surface area contributed by atoms with Crippen LogP contribution >= 0.6 is 23.2 Å². The molecule has 0 spiro atoms. The summed E-state index contributed by atoms with van der Waals surface area (Å²) in [7, 11) is 0. The highest BCUT2D eigenvalue weighted by Crippen LogP contribution is 2.35. The van der Waals surface area contributed by atoms with Crippen molar-refractivity contribution in [3.05, 3.63) is 22.2 Å². The van der Waals surface area contributed by atoms with Gasteiger partial charge >= 0.3 is 0 Å². The highest BCUT2D eigenvalue weighted by atomic mass is 35.5. The first-order chi connectivity index (χ1) is 9.51. The van der Waals surface area contributed by atoms with Crippen LogP contribution in [0.5, 0.6) is 0 Å². The van der Waals surface area contributed by atoms with Gasteiger partial charge in [0.15, 0.2) is 5.82 Å². The maximum atomic E-state index is 6.07. The second kappa shape index (κ2) is 4.87. The van der Waals surface area contributed by atoms with Gasteiger partial charge in [0.05, 0.1) is 27.9 Å². The van der Waals surface area contributed by atoms with Gasteiger partial charge in [-0.25, -0.2) is 4.68 Å². The lowest BCUT2D eigenvalue weighted by Gasteiger charge is -2.23. The zero-order valence-corrected chi connectivity index (χ0v) is 12.3. The van der Waals surface area contributed by atoms with E-state index in [1.54, 1.807) is 16.8 Å². The van der Waals surface area contributed by atoms with Gasteiger partial charge in [0, 0.05) is 12.2 Å². The van der Waals surface area contributed by atoms with Crippen molar-refractivity contribution in [1.82, 2.24) is 20.2 Å². The minimum Gasteiger partial charge on any atom is -0.397 e. The van der Waals surface area contributed by atoms with Crippen LogP contribution in [0, 0.1) is 0 Å². The first-order valence-electron chi connectivity index (χ1n) is 6.13. The fraction of sp³-hybridized carbons (Fsp3) is 0.417. The van der Waals surface area contributed by atoms with E-state index in [-0.39, 0.29) is 5.54 Å². The van der Waals surface area contributed by atoms with Crippen molar-refractivity contribution in [3.8, 4) is 11.4 Å². The molecule has 0 amide bonds. The Kier molecular flexibility index (Phi) is 3.32. The lowest BCUT2D eigenvalue weighted by molar-refractivity contribution is 0.155. The number of ether oxygens (including phenoxy) is 1. The summed E-state index contributed by atoms with van der Waals surface area (Å²) >= 11 is 12.0. The Morgan fingerprint density at radius 1 is 1.40 bits per heavy atom. The van der Waals surface area contributed by atoms with Crippen LogP contribution in [0.25, 0.3) is 11.4 Å². The van der Waals surface area contributed by atoms with Crippen molar-refractivity contribution in [2.75, 3.05) is 18.9 Å².